The molecule has 2 atom stereocenters. The maximum absolute atomic E-state index is 12.3. The largest absolute Gasteiger partial charge is 0.456 e. The van der Waals surface area contributed by atoms with E-state index in [2.05, 4.69) is 78.2 Å². The van der Waals surface area contributed by atoms with Crippen LogP contribution in [0.25, 0.3) is 0 Å². The van der Waals surface area contributed by atoms with Crippen LogP contribution >= 0.6 is 0 Å². The van der Waals surface area contributed by atoms with E-state index in [9.17, 15) is 9.59 Å². The highest BCUT2D eigenvalue weighted by Crippen LogP contribution is 2.27. The molecule has 0 aliphatic carbocycles. The molecule has 6 heteroatoms. The van der Waals surface area contributed by atoms with Crippen molar-refractivity contribution in [2.45, 2.75) is 141 Å². The van der Waals surface area contributed by atoms with Gasteiger partial charge < -0.3 is 9.47 Å². The first kappa shape index (κ1) is 28.6. The first-order valence-electron chi connectivity index (χ1n) is 13.0. The molecule has 0 spiro atoms. The molecule has 2 heterocycles. The lowest BCUT2D eigenvalue weighted by molar-refractivity contribution is -0.151. The molecule has 0 amide bonds. The summed E-state index contributed by atoms with van der Waals surface area (Å²) in [5.41, 5.74) is -0.765. The second kappa shape index (κ2) is 11.4. The molecule has 34 heavy (non-hydrogen) atoms. The summed E-state index contributed by atoms with van der Waals surface area (Å²) < 4.78 is 11.4. The van der Waals surface area contributed by atoms with Gasteiger partial charge in [-0.05, 0) is 80.4 Å². The quantitative estimate of drug-likeness (QED) is 0.237. The molecule has 2 aliphatic rings. The van der Waals surface area contributed by atoms with Crippen molar-refractivity contribution >= 4 is 11.9 Å². The Morgan fingerprint density at radius 3 is 1.26 bits per heavy atom. The maximum Gasteiger partial charge on any atom is 0.306 e. The Kier molecular flexibility index (Phi) is 9.57. The summed E-state index contributed by atoms with van der Waals surface area (Å²) in [6.45, 7) is 16.7. The molecule has 0 radical (unpaired) electrons. The number of carbonyl (C=O) groups is 2. The number of hydrogen-bond donors (Lipinski definition) is 2. The fraction of sp³-hybridized carbons (Fsp3) is 0.786. The summed E-state index contributed by atoms with van der Waals surface area (Å²) in [5.74, 6) is -0.269. The molecular formula is C28H48N2O4. The number of nitrogens with one attached hydrogen (secondary N) is 2. The van der Waals surface area contributed by atoms with Crippen molar-refractivity contribution in [2.75, 3.05) is 0 Å². The molecular weight excluding hydrogens is 428 g/mol. The third kappa shape index (κ3) is 9.18. The molecule has 0 aromatic rings. The number of unbranched alkanes of at least 4 members (excludes halogenated alkanes) is 5. The fourth-order valence-electron chi connectivity index (χ4n) is 5.04. The highest BCUT2D eigenvalue weighted by molar-refractivity contribution is 5.70. The van der Waals surface area contributed by atoms with Crippen LogP contribution in [0.3, 0.4) is 0 Å². The van der Waals surface area contributed by atoms with E-state index >= 15 is 0 Å². The van der Waals surface area contributed by atoms with Crippen LogP contribution in [-0.2, 0) is 19.1 Å². The first-order chi connectivity index (χ1) is 15.6. The molecule has 2 aliphatic heterocycles. The van der Waals surface area contributed by atoms with Crippen molar-refractivity contribution in [2.24, 2.45) is 0 Å². The second-order valence-electron chi connectivity index (χ2n) is 12.3. The third-order valence-corrected chi connectivity index (χ3v) is 6.62. The molecule has 0 fully saturated rings. The van der Waals surface area contributed by atoms with Crippen molar-refractivity contribution in [3.63, 3.8) is 0 Å². The van der Waals surface area contributed by atoms with Crippen LogP contribution in [0.2, 0.25) is 0 Å². The Morgan fingerprint density at radius 1 is 0.618 bits per heavy atom. The van der Waals surface area contributed by atoms with Gasteiger partial charge in [-0.1, -0.05) is 37.8 Å². The smallest absolute Gasteiger partial charge is 0.306 e. The van der Waals surface area contributed by atoms with Gasteiger partial charge in [-0.25, -0.2) is 0 Å². The van der Waals surface area contributed by atoms with Crippen LogP contribution in [-0.4, -0.2) is 46.3 Å². The summed E-state index contributed by atoms with van der Waals surface area (Å²) in [7, 11) is 0. The van der Waals surface area contributed by atoms with E-state index in [1.54, 1.807) is 0 Å². The van der Waals surface area contributed by atoms with Crippen LogP contribution in [0.1, 0.15) is 107 Å². The summed E-state index contributed by atoms with van der Waals surface area (Å²) in [4.78, 5) is 24.5. The zero-order chi connectivity index (χ0) is 25.6. The van der Waals surface area contributed by atoms with Gasteiger partial charge in [-0.2, -0.15) is 0 Å². The molecule has 0 bridgehead atoms. The molecule has 0 saturated carbocycles. The number of rotatable bonds is 11. The third-order valence-electron chi connectivity index (χ3n) is 6.62. The summed E-state index contributed by atoms with van der Waals surface area (Å²) >= 11 is 0. The minimum Gasteiger partial charge on any atom is -0.456 e. The van der Waals surface area contributed by atoms with Crippen LogP contribution in [0.5, 0.6) is 0 Å². The zero-order valence-corrected chi connectivity index (χ0v) is 22.8. The highest BCUT2D eigenvalue weighted by Gasteiger charge is 2.39. The molecule has 6 nitrogen and oxygen atoms in total. The molecule has 0 saturated heterocycles. The van der Waals surface area contributed by atoms with Crippen molar-refractivity contribution in [3.8, 4) is 0 Å². The number of hydrogen-bond acceptors (Lipinski definition) is 6. The van der Waals surface area contributed by atoms with Gasteiger partial charge in [-0.15, -0.1) is 0 Å². The van der Waals surface area contributed by atoms with E-state index in [0.29, 0.717) is 12.8 Å². The molecule has 2 unspecified atom stereocenters. The summed E-state index contributed by atoms with van der Waals surface area (Å²) in [6, 6.07) is 0. The van der Waals surface area contributed by atoms with Gasteiger partial charge in [0.05, 0.1) is 11.1 Å². The average Bonchev–Trinajstić information content (AvgIpc) is 2.66. The lowest BCUT2D eigenvalue weighted by Crippen LogP contribution is -2.60. The topological polar surface area (TPSA) is 76.7 Å². The van der Waals surface area contributed by atoms with E-state index in [0.717, 1.165) is 38.5 Å². The fourth-order valence-corrected chi connectivity index (χ4v) is 5.04. The lowest BCUT2D eigenvalue weighted by Gasteiger charge is -2.43. The molecule has 0 aromatic heterocycles. The number of esters is 2. The Balaban J connectivity index is 1.54. The minimum atomic E-state index is -0.287. The zero-order valence-electron chi connectivity index (χ0n) is 22.8. The van der Waals surface area contributed by atoms with Gasteiger partial charge in [0.2, 0.25) is 0 Å². The summed E-state index contributed by atoms with van der Waals surface area (Å²) in [6.07, 6.45) is 14.3. The predicted molar refractivity (Wildman–Crippen MR) is 138 cm³/mol. The predicted octanol–water partition coefficient (Wildman–Crippen LogP) is 5.36. The van der Waals surface area contributed by atoms with E-state index in [4.69, 9.17) is 9.47 Å². The van der Waals surface area contributed by atoms with Gasteiger partial charge in [0.1, 0.15) is 12.2 Å². The summed E-state index contributed by atoms with van der Waals surface area (Å²) in [5, 5.41) is 7.04. The standard InChI is InChI=1S/C28H48N2O4/c1-25(2)19-17-21(27(5,6)29-25)33-23(31)15-13-11-9-10-12-14-16-24(32)34-22-18-20-26(3,4)30-28(22,7)8/h17-22,29-30H,9-16H2,1-8H3. The van der Waals surface area contributed by atoms with Crippen molar-refractivity contribution in [1.29, 1.82) is 0 Å². The average molecular weight is 477 g/mol. The highest BCUT2D eigenvalue weighted by atomic mass is 16.5. The number of ether oxygens (including phenoxy) is 2. The molecule has 2 rings (SSSR count). The van der Waals surface area contributed by atoms with E-state index in [-0.39, 0.29) is 46.3 Å². The Bertz CT molecular complexity index is 700. The van der Waals surface area contributed by atoms with E-state index in [1.165, 1.54) is 0 Å². The molecule has 2 N–H and O–H groups in total. The SMILES string of the molecule is CC1(C)C=CC(OC(=O)CCCCCCCCC(=O)OC2C=CC(C)(C)NC2(C)C)C(C)(C)N1. The minimum absolute atomic E-state index is 0.0962. The normalized spacial score (nSPS) is 26.1. The van der Waals surface area contributed by atoms with Crippen molar-refractivity contribution in [3.05, 3.63) is 24.3 Å². The second-order valence-corrected chi connectivity index (χ2v) is 12.3. The maximum atomic E-state index is 12.3. The lowest BCUT2D eigenvalue weighted by atomic mass is 9.86. The van der Waals surface area contributed by atoms with E-state index in [1.807, 2.05) is 12.2 Å². The Hall–Kier alpha value is -1.66. The van der Waals surface area contributed by atoms with Crippen LogP contribution in [0, 0.1) is 0 Å². The van der Waals surface area contributed by atoms with E-state index < -0.39 is 0 Å². The molecule has 0 aromatic carbocycles. The van der Waals surface area contributed by atoms with Crippen LogP contribution in [0.15, 0.2) is 24.3 Å². The van der Waals surface area contributed by atoms with Gasteiger partial charge in [0.15, 0.2) is 0 Å². The van der Waals surface area contributed by atoms with Gasteiger partial charge >= 0.3 is 11.9 Å². The monoisotopic (exact) mass is 476 g/mol. The van der Waals surface area contributed by atoms with Crippen LogP contribution in [0.4, 0.5) is 0 Å². The molecule has 194 valence electrons. The van der Waals surface area contributed by atoms with Gasteiger partial charge in [-0.3, -0.25) is 20.2 Å². The van der Waals surface area contributed by atoms with Crippen LogP contribution < -0.4 is 10.6 Å². The van der Waals surface area contributed by atoms with Crippen molar-refractivity contribution in [1.82, 2.24) is 10.6 Å². The van der Waals surface area contributed by atoms with Gasteiger partial charge in [0.25, 0.3) is 0 Å². The van der Waals surface area contributed by atoms with Gasteiger partial charge in [0, 0.05) is 23.9 Å². The Labute approximate surface area is 207 Å². The Morgan fingerprint density at radius 2 is 0.941 bits per heavy atom. The number of carbonyl (C=O) groups excluding carboxylic acids is 2. The first-order valence-corrected chi connectivity index (χ1v) is 13.0. The van der Waals surface area contributed by atoms with Crippen molar-refractivity contribution < 1.29 is 19.1 Å².